The van der Waals surface area contributed by atoms with E-state index in [1.165, 1.54) is 0 Å². The van der Waals surface area contributed by atoms with E-state index in [0.717, 1.165) is 5.56 Å². The van der Waals surface area contributed by atoms with E-state index >= 15 is 0 Å². The van der Waals surface area contributed by atoms with Crippen LogP contribution < -0.4 is 10.6 Å². The maximum atomic E-state index is 13.9. The van der Waals surface area contributed by atoms with Gasteiger partial charge in [-0.2, -0.15) is 0 Å². The van der Waals surface area contributed by atoms with Crippen LogP contribution in [0.2, 0.25) is 0 Å². The molecule has 0 amide bonds. The molecule has 0 bridgehead atoms. The smallest absolute Gasteiger partial charge is 0.256 e. The molecule has 146 valence electrons. The molecule has 27 heavy (non-hydrogen) atoms. The number of hydrogen-bond acceptors (Lipinski definition) is 7. The van der Waals surface area contributed by atoms with Crippen molar-refractivity contribution in [2.24, 2.45) is 0 Å². The second-order valence-corrected chi connectivity index (χ2v) is 9.17. The van der Waals surface area contributed by atoms with Crippen molar-refractivity contribution in [3.05, 3.63) is 60.2 Å². The van der Waals surface area contributed by atoms with Gasteiger partial charge in [0, 0.05) is 11.0 Å². The summed E-state index contributed by atoms with van der Waals surface area (Å²) >= 11 is 0. The van der Waals surface area contributed by atoms with E-state index in [1.54, 1.807) is 42.5 Å². The molecule has 0 aliphatic carbocycles. The van der Waals surface area contributed by atoms with Crippen molar-refractivity contribution >= 4 is 18.4 Å². The number of anilines is 1. The molecule has 0 aromatic heterocycles. The minimum atomic E-state index is -3.76. The second kappa shape index (κ2) is 8.10. The zero-order valence-corrected chi connectivity index (χ0v) is 15.7. The third-order valence-electron chi connectivity index (χ3n) is 4.70. The molecule has 1 unspecified atom stereocenters. The zero-order chi connectivity index (χ0) is 19.6. The van der Waals surface area contributed by atoms with Crippen molar-refractivity contribution in [3.8, 4) is 0 Å². The minimum absolute atomic E-state index is 0.343. The van der Waals surface area contributed by atoms with Gasteiger partial charge in [0.25, 0.3) is 7.37 Å². The highest BCUT2D eigenvalue weighted by Gasteiger charge is 2.54. The summed E-state index contributed by atoms with van der Waals surface area (Å²) < 4.78 is 19.6. The van der Waals surface area contributed by atoms with Crippen molar-refractivity contribution < 1.29 is 29.5 Å². The monoisotopic (exact) mass is 393 g/mol. The van der Waals surface area contributed by atoms with E-state index < -0.39 is 44.2 Å². The Hall–Kier alpha value is -1.73. The predicted molar refractivity (Wildman–Crippen MR) is 102 cm³/mol. The van der Waals surface area contributed by atoms with Crippen molar-refractivity contribution in [3.63, 3.8) is 0 Å². The highest BCUT2D eigenvalue weighted by atomic mass is 31.2. The Labute approximate surface area is 157 Å². The van der Waals surface area contributed by atoms with Crippen LogP contribution in [0.25, 0.3) is 0 Å². The number of rotatable bonds is 5. The molecule has 3 rings (SSSR count). The quantitative estimate of drug-likeness (QED) is 0.477. The molecule has 2 aromatic carbocycles. The lowest BCUT2D eigenvalue weighted by molar-refractivity contribution is -0.115. The molecule has 0 radical (unpaired) electrons. The largest absolute Gasteiger partial charge is 0.394 e. The topological polar surface area (TPSA) is 119 Å². The number of benzene rings is 2. The van der Waals surface area contributed by atoms with Gasteiger partial charge in [0.1, 0.15) is 30.2 Å². The van der Waals surface area contributed by atoms with Crippen LogP contribution in [0.3, 0.4) is 0 Å². The van der Waals surface area contributed by atoms with Crippen LogP contribution in [0, 0.1) is 6.92 Å². The molecule has 6 atom stereocenters. The predicted octanol–water partition coefficient (Wildman–Crippen LogP) is 0.810. The van der Waals surface area contributed by atoms with Gasteiger partial charge in [-0.15, -0.1) is 0 Å². The first-order chi connectivity index (χ1) is 12.9. The summed E-state index contributed by atoms with van der Waals surface area (Å²) in [6.45, 7) is 1.24. The molecule has 2 aromatic rings. The molecule has 1 aliphatic heterocycles. The Balaban J connectivity index is 2.02. The summed E-state index contributed by atoms with van der Waals surface area (Å²) in [4.78, 5) is 0. The van der Waals surface area contributed by atoms with Crippen molar-refractivity contribution in [1.29, 1.82) is 0 Å². The van der Waals surface area contributed by atoms with Crippen molar-refractivity contribution in [2.45, 2.75) is 37.1 Å². The second-order valence-electron chi connectivity index (χ2n) is 6.69. The lowest BCUT2D eigenvalue weighted by Gasteiger charge is -2.44. The van der Waals surface area contributed by atoms with Gasteiger partial charge in [-0.3, -0.25) is 4.57 Å². The van der Waals surface area contributed by atoms with Gasteiger partial charge in [0.15, 0.2) is 0 Å². The third kappa shape index (κ3) is 3.94. The lowest BCUT2D eigenvalue weighted by Crippen LogP contribution is -2.58. The molecule has 0 saturated carbocycles. The Bertz CT molecular complexity index is 800. The van der Waals surface area contributed by atoms with Crippen LogP contribution in [0.5, 0.6) is 0 Å². The van der Waals surface area contributed by atoms with Gasteiger partial charge in [-0.1, -0.05) is 35.9 Å². The van der Waals surface area contributed by atoms with Gasteiger partial charge in [-0.25, -0.2) is 0 Å². The van der Waals surface area contributed by atoms with E-state index in [1.807, 2.05) is 19.1 Å². The molecule has 1 fully saturated rings. The zero-order valence-electron chi connectivity index (χ0n) is 14.8. The van der Waals surface area contributed by atoms with Crippen molar-refractivity contribution in [2.75, 3.05) is 11.9 Å². The summed E-state index contributed by atoms with van der Waals surface area (Å²) in [5.41, 5.74) is 1.65. The highest BCUT2D eigenvalue weighted by Crippen LogP contribution is 2.57. The van der Waals surface area contributed by atoms with Crippen LogP contribution in [-0.2, 0) is 9.09 Å². The van der Waals surface area contributed by atoms with Crippen LogP contribution >= 0.6 is 7.37 Å². The molecule has 0 spiro atoms. The molecule has 1 saturated heterocycles. The summed E-state index contributed by atoms with van der Waals surface area (Å²) in [7, 11) is -3.76. The standard InChI is InChI=1S/C19H24NO6P/c1-12-7-9-13(10-8-12)20-19-17(24)16(23)18(15(22)11-21)26-27(19,25)14-5-3-2-4-6-14/h2-10,15-24H,11H2,1H3/t15-,16-,17+,18-,19-,27?/m1/s1. The minimum Gasteiger partial charge on any atom is -0.394 e. The Morgan fingerprint density at radius 2 is 1.70 bits per heavy atom. The van der Waals surface area contributed by atoms with Crippen LogP contribution in [0.1, 0.15) is 5.56 Å². The SMILES string of the molecule is Cc1ccc(N[C@H]2[C@@H](O)[C@@H](O)[C@@H]([C@H](O)CO)OP2(=O)c2ccccc2)cc1. The number of aryl methyl sites for hydroxylation is 1. The van der Waals surface area contributed by atoms with E-state index in [0.29, 0.717) is 11.0 Å². The lowest BCUT2D eigenvalue weighted by atomic mass is 10.0. The van der Waals surface area contributed by atoms with E-state index in [-0.39, 0.29) is 0 Å². The first kappa shape index (κ1) is 20.0. The summed E-state index contributed by atoms with van der Waals surface area (Å²) in [6.07, 6.45) is -5.88. The first-order valence-corrected chi connectivity index (χ1v) is 10.4. The van der Waals surface area contributed by atoms with Gasteiger partial charge in [0.2, 0.25) is 0 Å². The molecule has 5 N–H and O–H groups in total. The fourth-order valence-corrected chi connectivity index (χ4v) is 5.83. The number of hydrogen-bond donors (Lipinski definition) is 5. The van der Waals surface area contributed by atoms with Crippen LogP contribution in [-0.4, -0.2) is 57.2 Å². The maximum absolute atomic E-state index is 13.9. The maximum Gasteiger partial charge on any atom is 0.256 e. The fourth-order valence-electron chi connectivity index (χ4n) is 3.14. The normalized spacial score (nSPS) is 32.0. The molecule has 8 heteroatoms. The van der Waals surface area contributed by atoms with Gasteiger partial charge >= 0.3 is 0 Å². The summed E-state index contributed by atoms with van der Waals surface area (Å²) in [6, 6.07) is 15.6. The molecule has 1 aliphatic rings. The fraction of sp³-hybridized carbons (Fsp3) is 0.368. The number of aliphatic hydroxyl groups excluding tert-OH is 4. The van der Waals surface area contributed by atoms with Gasteiger partial charge in [-0.05, 0) is 31.2 Å². The molecular weight excluding hydrogens is 369 g/mol. The van der Waals surface area contributed by atoms with Crippen LogP contribution in [0.15, 0.2) is 54.6 Å². The summed E-state index contributed by atoms with van der Waals surface area (Å²) in [5.74, 6) is -1.13. The van der Waals surface area contributed by atoms with Crippen LogP contribution in [0.4, 0.5) is 5.69 Å². The third-order valence-corrected chi connectivity index (χ3v) is 7.44. The number of nitrogens with one attached hydrogen (secondary N) is 1. The number of aliphatic hydroxyl groups is 4. The average molecular weight is 393 g/mol. The Morgan fingerprint density at radius 3 is 2.30 bits per heavy atom. The Kier molecular flexibility index (Phi) is 6.01. The van der Waals surface area contributed by atoms with E-state index in [2.05, 4.69) is 5.32 Å². The van der Waals surface area contributed by atoms with Gasteiger partial charge in [0.05, 0.1) is 6.61 Å². The Morgan fingerprint density at radius 1 is 1.07 bits per heavy atom. The molecule has 1 heterocycles. The van der Waals surface area contributed by atoms with E-state index in [4.69, 9.17) is 4.52 Å². The van der Waals surface area contributed by atoms with E-state index in [9.17, 15) is 25.0 Å². The molecule has 7 nitrogen and oxygen atoms in total. The van der Waals surface area contributed by atoms with Crippen molar-refractivity contribution in [1.82, 2.24) is 0 Å². The first-order valence-electron chi connectivity index (χ1n) is 8.69. The summed E-state index contributed by atoms with van der Waals surface area (Å²) in [5, 5.41) is 43.7. The average Bonchev–Trinajstić information content (AvgIpc) is 2.69. The highest BCUT2D eigenvalue weighted by molar-refractivity contribution is 7.68. The van der Waals surface area contributed by atoms with Gasteiger partial charge < -0.3 is 30.3 Å². The molecular formula is C19H24NO6P.